The van der Waals surface area contributed by atoms with Crippen LogP contribution in [0.4, 0.5) is 0 Å². The van der Waals surface area contributed by atoms with Gasteiger partial charge in [0.05, 0.1) is 17.0 Å². The number of carbonyl (C=O) groups is 2. The second-order valence-corrected chi connectivity index (χ2v) is 5.21. The van der Waals surface area contributed by atoms with Crippen molar-refractivity contribution in [1.29, 1.82) is 5.26 Å². The topological polar surface area (TPSA) is 98.4 Å². The van der Waals surface area contributed by atoms with Gasteiger partial charge in [0.25, 0.3) is 0 Å². The normalized spacial score (nSPS) is 20.8. The Hall–Kier alpha value is -2.35. The molecule has 1 unspecified atom stereocenters. The Balaban J connectivity index is 2.31. The third kappa shape index (κ3) is 2.50. The summed E-state index contributed by atoms with van der Waals surface area (Å²) in [4.78, 5) is 22.5. The molecule has 1 aromatic carbocycles. The van der Waals surface area contributed by atoms with Gasteiger partial charge in [0.15, 0.2) is 0 Å². The Morgan fingerprint density at radius 1 is 1.30 bits per heavy atom. The van der Waals surface area contributed by atoms with Crippen molar-refractivity contribution in [3.8, 4) is 6.07 Å². The quantitative estimate of drug-likeness (QED) is 0.876. The standard InChI is InChI=1S/C15H15NO4/c16-7-1-5-15(14(19)20)6-4-10-8-11(13(17)18)2-3-12(10)9-15/h2-3,8H,1,4-6,9H2,(H,17,18)(H,19,20). The summed E-state index contributed by atoms with van der Waals surface area (Å²) in [5.41, 5.74) is 1.11. The minimum Gasteiger partial charge on any atom is -0.481 e. The van der Waals surface area contributed by atoms with Gasteiger partial charge in [-0.3, -0.25) is 4.79 Å². The van der Waals surface area contributed by atoms with Crippen LogP contribution in [0.25, 0.3) is 0 Å². The molecule has 104 valence electrons. The van der Waals surface area contributed by atoms with Crippen molar-refractivity contribution in [2.75, 3.05) is 0 Å². The summed E-state index contributed by atoms with van der Waals surface area (Å²) in [7, 11) is 0. The Kier molecular flexibility index (Phi) is 3.75. The van der Waals surface area contributed by atoms with E-state index in [4.69, 9.17) is 10.4 Å². The van der Waals surface area contributed by atoms with Gasteiger partial charge in [-0.25, -0.2) is 4.79 Å². The summed E-state index contributed by atoms with van der Waals surface area (Å²) in [5.74, 6) is -1.85. The van der Waals surface area contributed by atoms with Crippen LogP contribution in [0.2, 0.25) is 0 Å². The summed E-state index contributed by atoms with van der Waals surface area (Å²) in [6.45, 7) is 0. The molecule has 5 nitrogen and oxygen atoms in total. The number of aromatic carboxylic acids is 1. The lowest BCUT2D eigenvalue weighted by Gasteiger charge is -2.34. The molecule has 0 aromatic heterocycles. The number of benzene rings is 1. The van der Waals surface area contributed by atoms with Crippen LogP contribution in [0, 0.1) is 16.7 Å². The summed E-state index contributed by atoms with van der Waals surface area (Å²) in [6, 6.07) is 6.82. The Bertz CT molecular complexity index is 602. The zero-order valence-electron chi connectivity index (χ0n) is 10.9. The van der Waals surface area contributed by atoms with Crippen LogP contribution in [0.15, 0.2) is 18.2 Å². The second-order valence-electron chi connectivity index (χ2n) is 5.21. The van der Waals surface area contributed by atoms with E-state index in [0.29, 0.717) is 25.7 Å². The fourth-order valence-corrected chi connectivity index (χ4v) is 2.79. The number of aryl methyl sites for hydroxylation is 1. The monoisotopic (exact) mass is 273 g/mol. The van der Waals surface area contributed by atoms with Crippen LogP contribution in [0.5, 0.6) is 0 Å². The minimum atomic E-state index is -0.979. The zero-order valence-corrected chi connectivity index (χ0v) is 10.9. The molecule has 2 N–H and O–H groups in total. The number of nitriles is 1. The molecule has 0 heterocycles. The molecule has 1 aliphatic rings. The van der Waals surface area contributed by atoms with Gasteiger partial charge in [-0.05, 0) is 48.9 Å². The van der Waals surface area contributed by atoms with Crippen molar-refractivity contribution in [1.82, 2.24) is 0 Å². The van der Waals surface area contributed by atoms with Crippen LogP contribution < -0.4 is 0 Å². The Morgan fingerprint density at radius 2 is 2.05 bits per heavy atom. The number of fused-ring (bicyclic) bond motifs is 1. The Morgan fingerprint density at radius 3 is 2.65 bits per heavy atom. The summed E-state index contributed by atoms with van der Waals surface area (Å²) in [6.07, 6.45) is 1.89. The molecule has 5 heteroatoms. The highest BCUT2D eigenvalue weighted by atomic mass is 16.4. The maximum Gasteiger partial charge on any atom is 0.335 e. The van der Waals surface area contributed by atoms with Crippen LogP contribution in [-0.2, 0) is 17.6 Å². The first-order valence-corrected chi connectivity index (χ1v) is 6.44. The highest BCUT2D eigenvalue weighted by molar-refractivity contribution is 5.88. The maximum atomic E-state index is 11.6. The number of aliphatic carboxylic acids is 1. The number of rotatable bonds is 4. The van der Waals surface area contributed by atoms with Gasteiger partial charge in [-0.1, -0.05) is 6.07 Å². The molecule has 2 rings (SSSR count). The lowest BCUT2D eigenvalue weighted by molar-refractivity contribution is -0.150. The first-order chi connectivity index (χ1) is 9.48. The van der Waals surface area contributed by atoms with E-state index in [1.807, 2.05) is 6.07 Å². The third-order valence-electron chi connectivity index (χ3n) is 4.02. The fraction of sp³-hybridized carbons (Fsp3) is 0.400. The molecule has 0 saturated heterocycles. The molecule has 0 bridgehead atoms. The van der Waals surface area contributed by atoms with Crippen molar-refractivity contribution in [2.45, 2.75) is 32.1 Å². The largest absolute Gasteiger partial charge is 0.481 e. The predicted octanol–water partition coefficient (Wildman–Crippen LogP) is 2.25. The fourth-order valence-electron chi connectivity index (χ4n) is 2.79. The van der Waals surface area contributed by atoms with Crippen LogP contribution in [0.1, 0.15) is 40.7 Å². The highest BCUT2D eigenvalue weighted by Gasteiger charge is 2.41. The molecule has 1 aliphatic carbocycles. The van der Waals surface area contributed by atoms with Crippen LogP contribution in [-0.4, -0.2) is 22.2 Å². The van der Waals surface area contributed by atoms with Crippen molar-refractivity contribution in [2.24, 2.45) is 5.41 Å². The molecule has 0 amide bonds. The summed E-state index contributed by atoms with van der Waals surface area (Å²) < 4.78 is 0. The summed E-state index contributed by atoms with van der Waals surface area (Å²) >= 11 is 0. The number of hydrogen-bond acceptors (Lipinski definition) is 3. The first-order valence-electron chi connectivity index (χ1n) is 6.44. The highest BCUT2D eigenvalue weighted by Crippen LogP contribution is 2.39. The van der Waals surface area contributed by atoms with Gasteiger partial charge in [0, 0.05) is 6.42 Å². The van der Waals surface area contributed by atoms with E-state index >= 15 is 0 Å². The third-order valence-corrected chi connectivity index (χ3v) is 4.02. The zero-order chi connectivity index (χ0) is 14.8. The van der Waals surface area contributed by atoms with E-state index in [2.05, 4.69) is 0 Å². The van der Waals surface area contributed by atoms with Crippen molar-refractivity contribution in [3.05, 3.63) is 34.9 Å². The molecule has 0 aliphatic heterocycles. The molecular formula is C15H15NO4. The lowest BCUT2D eigenvalue weighted by atomic mass is 9.69. The van der Waals surface area contributed by atoms with Crippen LogP contribution in [0.3, 0.4) is 0 Å². The SMILES string of the molecule is N#CCCC1(C(=O)O)CCc2cc(C(=O)O)ccc2C1. The average molecular weight is 273 g/mol. The van der Waals surface area contributed by atoms with Gasteiger partial charge < -0.3 is 10.2 Å². The molecule has 20 heavy (non-hydrogen) atoms. The average Bonchev–Trinajstić information content (AvgIpc) is 2.44. The van der Waals surface area contributed by atoms with Gasteiger partial charge in [-0.2, -0.15) is 5.26 Å². The number of hydrogen-bond donors (Lipinski definition) is 2. The molecule has 0 radical (unpaired) electrons. The molecule has 1 atom stereocenters. The van der Waals surface area contributed by atoms with Gasteiger partial charge in [0.1, 0.15) is 0 Å². The summed E-state index contributed by atoms with van der Waals surface area (Å²) in [5, 5.41) is 27.1. The van der Waals surface area contributed by atoms with E-state index in [9.17, 15) is 14.7 Å². The van der Waals surface area contributed by atoms with Crippen LogP contribution >= 0.6 is 0 Å². The van der Waals surface area contributed by atoms with Gasteiger partial charge >= 0.3 is 11.9 Å². The van der Waals surface area contributed by atoms with Gasteiger partial charge in [0.2, 0.25) is 0 Å². The predicted molar refractivity (Wildman–Crippen MR) is 70.3 cm³/mol. The van der Waals surface area contributed by atoms with E-state index in [1.54, 1.807) is 12.1 Å². The van der Waals surface area contributed by atoms with E-state index in [1.165, 1.54) is 6.07 Å². The lowest BCUT2D eigenvalue weighted by Crippen LogP contribution is -2.37. The maximum absolute atomic E-state index is 11.6. The van der Waals surface area contributed by atoms with Crippen molar-refractivity contribution in [3.63, 3.8) is 0 Å². The molecule has 0 spiro atoms. The van der Waals surface area contributed by atoms with Crippen molar-refractivity contribution >= 4 is 11.9 Å². The molecule has 1 aromatic rings. The van der Waals surface area contributed by atoms with E-state index in [0.717, 1.165) is 11.1 Å². The van der Waals surface area contributed by atoms with Gasteiger partial charge in [-0.15, -0.1) is 0 Å². The number of carboxylic acids is 2. The molecular weight excluding hydrogens is 258 g/mol. The molecule has 0 saturated carbocycles. The first kappa shape index (κ1) is 14.1. The second kappa shape index (κ2) is 5.33. The Labute approximate surface area is 116 Å². The minimum absolute atomic E-state index is 0.217. The van der Waals surface area contributed by atoms with E-state index in [-0.39, 0.29) is 12.0 Å². The van der Waals surface area contributed by atoms with Crippen molar-refractivity contribution < 1.29 is 19.8 Å². The van der Waals surface area contributed by atoms with E-state index < -0.39 is 17.4 Å². The smallest absolute Gasteiger partial charge is 0.335 e. The number of nitrogens with zero attached hydrogens (tertiary/aromatic N) is 1. The number of carboxylic acid groups (broad SMARTS) is 2. The molecule has 0 fully saturated rings.